The Kier molecular flexibility index (Phi) is 7.03. The number of rotatable bonds is 7. The first-order chi connectivity index (χ1) is 13.5. The molecule has 0 saturated heterocycles. The molecule has 1 aliphatic rings. The van der Waals surface area contributed by atoms with Crippen LogP contribution in [0, 0.1) is 5.92 Å². The topological polar surface area (TPSA) is 84.5 Å². The van der Waals surface area contributed by atoms with Gasteiger partial charge in [0.25, 0.3) is 0 Å². The fourth-order valence-electron chi connectivity index (χ4n) is 3.53. The summed E-state index contributed by atoms with van der Waals surface area (Å²) in [5.41, 5.74) is 0.632. The van der Waals surface area contributed by atoms with Crippen LogP contribution in [-0.2, 0) is 14.3 Å². The number of benzene rings is 1. The molecule has 0 radical (unpaired) electrons. The third kappa shape index (κ3) is 5.55. The van der Waals surface area contributed by atoms with Gasteiger partial charge in [-0.3, -0.25) is 9.59 Å². The number of thiophene rings is 1. The molecule has 0 unspecified atom stereocenters. The number of carbonyl (C=O) groups is 3. The van der Waals surface area contributed by atoms with Crippen molar-refractivity contribution in [2.45, 2.75) is 45.4 Å². The van der Waals surface area contributed by atoms with E-state index in [-0.39, 0.29) is 24.3 Å². The fraction of sp³-hybridized carbons (Fsp3) is 0.476. The monoisotopic (exact) mass is 402 g/mol. The molecule has 3 rings (SSSR count). The van der Waals surface area contributed by atoms with E-state index in [1.54, 1.807) is 19.1 Å². The minimum absolute atomic E-state index is 0.0404. The summed E-state index contributed by atoms with van der Waals surface area (Å²) in [6.07, 6.45) is 6.37. The highest BCUT2D eigenvalue weighted by Gasteiger charge is 2.17. The van der Waals surface area contributed by atoms with Crippen molar-refractivity contribution in [3.8, 4) is 0 Å². The lowest BCUT2D eigenvalue weighted by Crippen LogP contribution is -2.34. The van der Waals surface area contributed by atoms with Crippen molar-refractivity contribution in [2.75, 3.05) is 18.5 Å². The second-order valence-corrected chi connectivity index (χ2v) is 8.20. The molecule has 150 valence electrons. The van der Waals surface area contributed by atoms with Crippen LogP contribution in [0.4, 0.5) is 5.69 Å². The Hall–Kier alpha value is -2.41. The molecule has 1 aromatic carbocycles. The molecule has 0 spiro atoms. The number of esters is 1. The number of hydrogen-bond acceptors (Lipinski definition) is 5. The largest absolute Gasteiger partial charge is 0.462 e. The number of carbonyl (C=O) groups excluding carboxylic acids is 3. The molecule has 28 heavy (non-hydrogen) atoms. The number of nitrogens with one attached hydrogen (secondary N) is 2. The van der Waals surface area contributed by atoms with Crippen molar-refractivity contribution >= 4 is 44.9 Å². The first-order valence-corrected chi connectivity index (χ1v) is 10.6. The van der Waals surface area contributed by atoms with Crippen molar-refractivity contribution in [3.63, 3.8) is 0 Å². The number of fused-ring (bicyclic) bond motifs is 1. The van der Waals surface area contributed by atoms with Crippen molar-refractivity contribution in [3.05, 3.63) is 29.1 Å². The summed E-state index contributed by atoms with van der Waals surface area (Å²) in [5.74, 6) is -0.215. The number of anilines is 1. The van der Waals surface area contributed by atoms with Crippen molar-refractivity contribution in [1.82, 2.24) is 5.32 Å². The normalized spacial score (nSPS) is 14.6. The van der Waals surface area contributed by atoms with Crippen LogP contribution in [-0.4, -0.2) is 30.9 Å². The van der Waals surface area contributed by atoms with Crippen molar-refractivity contribution in [2.24, 2.45) is 5.92 Å². The molecular formula is C21H26N2O4S. The number of hydrogen-bond donors (Lipinski definition) is 2. The molecule has 6 nitrogen and oxygen atoms in total. The van der Waals surface area contributed by atoms with E-state index in [9.17, 15) is 14.4 Å². The summed E-state index contributed by atoms with van der Waals surface area (Å²) in [6.45, 7) is 2.06. The summed E-state index contributed by atoms with van der Waals surface area (Å²) >= 11 is 1.36. The van der Waals surface area contributed by atoms with E-state index in [4.69, 9.17) is 4.74 Å². The molecule has 0 bridgehead atoms. The molecule has 2 N–H and O–H groups in total. The predicted molar refractivity (Wildman–Crippen MR) is 111 cm³/mol. The van der Waals surface area contributed by atoms with E-state index in [2.05, 4.69) is 10.6 Å². The highest BCUT2D eigenvalue weighted by Crippen LogP contribution is 2.29. The standard InChI is InChI=1S/C21H26N2O4S/c1-2-27-21(26)18-12-15-11-16(8-9-17(15)28-18)23-20(25)13-22-19(24)10-14-6-4-3-5-7-14/h8-9,11-12,14H,2-7,10,13H2,1H3,(H,22,24)(H,23,25). The molecule has 2 aromatic rings. The molecule has 1 aliphatic carbocycles. The van der Waals surface area contributed by atoms with Crippen LogP contribution >= 0.6 is 11.3 Å². The zero-order chi connectivity index (χ0) is 19.9. The van der Waals surface area contributed by atoms with Crippen LogP contribution in [0.3, 0.4) is 0 Å². The molecule has 0 aliphatic heterocycles. The fourth-order valence-corrected chi connectivity index (χ4v) is 4.47. The average Bonchev–Trinajstić information content (AvgIpc) is 3.11. The van der Waals surface area contributed by atoms with Gasteiger partial charge in [-0.1, -0.05) is 19.3 Å². The van der Waals surface area contributed by atoms with Crippen LogP contribution in [0.5, 0.6) is 0 Å². The van der Waals surface area contributed by atoms with E-state index in [0.717, 1.165) is 22.9 Å². The quantitative estimate of drug-likeness (QED) is 0.683. The Bertz CT molecular complexity index is 855. The maximum Gasteiger partial charge on any atom is 0.348 e. The predicted octanol–water partition coefficient (Wildman–Crippen LogP) is 4.10. The molecule has 0 atom stereocenters. The first-order valence-electron chi connectivity index (χ1n) is 9.82. The minimum Gasteiger partial charge on any atom is -0.462 e. The minimum atomic E-state index is -0.338. The van der Waals surface area contributed by atoms with Gasteiger partial charge in [-0.2, -0.15) is 0 Å². The van der Waals surface area contributed by atoms with Gasteiger partial charge in [0.05, 0.1) is 13.2 Å². The van der Waals surface area contributed by atoms with Gasteiger partial charge in [0.1, 0.15) is 4.88 Å². The Morgan fingerprint density at radius 2 is 1.89 bits per heavy atom. The second kappa shape index (κ2) is 9.68. The van der Waals surface area contributed by atoms with Crippen LogP contribution in [0.2, 0.25) is 0 Å². The zero-order valence-electron chi connectivity index (χ0n) is 16.1. The van der Waals surface area contributed by atoms with E-state index < -0.39 is 0 Å². The van der Waals surface area contributed by atoms with E-state index >= 15 is 0 Å². The van der Waals surface area contributed by atoms with Gasteiger partial charge < -0.3 is 15.4 Å². The third-order valence-electron chi connectivity index (χ3n) is 4.92. The highest BCUT2D eigenvalue weighted by molar-refractivity contribution is 7.20. The maximum atomic E-state index is 12.1. The summed E-state index contributed by atoms with van der Waals surface area (Å²) in [4.78, 5) is 36.6. The van der Waals surface area contributed by atoms with E-state index in [1.165, 1.54) is 30.6 Å². The summed E-state index contributed by atoms with van der Waals surface area (Å²) < 4.78 is 5.97. The SMILES string of the molecule is CCOC(=O)c1cc2cc(NC(=O)CNC(=O)CC3CCCCC3)ccc2s1. The van der Waals surface area contributed by atoms with Crippen LogP contribution in [0.1, 0.15) is 55.1 Å². The lowest BCUT2D eigenvalue weighted by atomic mass is 9.87. The molecule has 1 saturated carbocycles. The summed E-state index contributed by atoms with van der Waals surface area (Å²) in [5, 5.41) is 6.37. The smallest absolute Gasteiger partial charge is 0.348 e. The Labute approximate surface area is 168 Å². The second-order valence-electron chi connectivity index (χ2n) is 7.12. The van der Waals surface area contributed by atoms with Crippen LogP contribution < -0.4 is 10.6 Å². The Balaban J connectivity index is 1.51. The molecular weight excluding hydrogens is 376 g/mol. The maximum absolute atomic E-state index is 12.1. The number of ether oxygens (including phenoxy) is 1. The summed E-state index contributed by atoms with van der Waals surface area (Å²) in [7, 11) is 0. The molecule has 1 aromatic heterocycles. The van der Waals surface area contributed by atoms with Crippen LogP contribution in [0.15, 0.2) is 24.3 Å². The van der Waals surface area contributed by atoms with Gasteiger partial charge in [-0.15, -0.1) is 11.3 Å². The molecule has 1 heterocycles. The molecule has 1 fully saturated rings. The lowest BCUT2D eigenvalue weighted by Gasteiger charge is -2.20. The lowest BCUT2D eigenvalue weighted by molar-refractivity contribution is -0.125. The molecule has 2 amide bonds. The average molecular weight is 403 g/mol. The Morgan fingerprint density at radius 1 is 1.11 bits per heavy atom. The summed E-state index contributed by atoms with van der Waals surface area (Å²) in [6, 6.07) is 7.23. The van der Waals surface area contributed by atoms with Gasteiger partial charge in [0.2, 0.25) is 11.8 Å². The van der Waals surface area contributed by atoms with Gasteiger partial charge in [-0.25, -0.2) is 4.79 Å². The number of amides is 2. The van der Waals surface area contributed by atoms with E-state index in [1.807, 2.05) is 12.1 Å². The zero-order valence-corrected chi connectivity index (χ0v) is 16.9. The Morgan fingerprint density at radius 3 is 2.64 bits per heavy atom. The van der Waals surface area contributed by atoms with Crippen LogP contribution in [0.25, 0.3) is 10.1 Å². The third-order valence-corrected chi connectivity index (χ3v) is 6.02. The van der Waals surface area contributed by atoms with Gasteiger partial charge in [0.15, 0.2) is 0 Å². The van der Waals surface area contributed by atoms with Gasteiger partial charge >= 0.3 is 5.97 Å². The highest BCUT2D eigenvalue weighted by atomic mass is 32.1. The first kappa shape index (κ1) is 20.3. The van der Waals surface area contributed by atoms with Gasteiger partial charge in [-0.05, 0) is 55.3 Å². The van der Waals surface area contributed by atoms with E-state index in [0.29, 0.717) is 29.5 Å². The molecule has 7 heteroatoms. The van der Waals surface area contributed by atoms with Crippen molar-refractivity contribution < 1.29 is 19.1 Å². The van der Waals surface area contributed by atoms with Crippen molar-refractivity contribution in [1.29, 1.82) is 0 Å². The van der Waals surface area contributed by atoms with Gasteiger partial charge in [0, 0.05) is 16.8 Å².